The van der Waals surface area contributed by atoms with Gasteiger partial charge in [0, 0.05) is 12.8 Å². The molecule has 0 saturated heterocycles. The Morgan fingerprint density at radius 3 is 0.747 bits per heavy atom. The Morgan fingerprint density at radius 1 is 0.284 bits per heavy atom. The SMILES string of the molecule is CCCCCCCC/C=C\CCCCCCCC(=O)OCCCCCCCCCCCCCCCCCCCCCCCCCCCCCCCCCCCCCCCCCC(=O)NC(CO)C(O)CCCCCCCCCCCCCCCCCCCCCCCCCC. The first-order valence-corrected chi connectivity index (χ1v) is 44.4. The van der Waals surface area contributed by atoms with Gasteiger partial charge in [-0.3, -0.25) is 9.59 Å². The van der Waals surface area contributed by atoms with Gasteiger partial charge in [-0.05, 0) is 51.4 Å². The van der Waals surface area contributed by atoms with Gasteiger partial charge in [0.15, 0.2) is 0 Å². The maximum absolute atomic E-state index is 12.6. The summed E-state index contributed by atoms with van der Waals surface area (Å²) in [6.45, 7) is 5.01. The van der Waals surface area contributed by atoms with Crippen molar-refractivity contribution in [2.45, 2.75) is 533 Å². The van der Waals surface area contributed by atoms with Crippen LogP contribution >= 0.6 is 0 Å². The van der Waals surface area contributed by atoms with Crippen molar-refractivity contribution in [2.75, 3.05) is 13.2 Å². The number of allylic oxidation sites excluding steroid dienone is 2. The Morgan fingerprint density at radius 2 is 0.495 bits per heavy atom. The molecule has 6 heteroatoms. The summed E-state index contributed by atoms with van der Waals surface area (Å²) in [6, 6.07) is -0.538. The number of aliphatic hydroxyl groups excluding tert-OH is 2. The molecule has 0 aromatic carbocycles. The van der Waals surface area contributed by atoms with E-state index in [1.165, 1.54) is 443 Å². The van der Waals surface area contributed by atoms with E-state index in [0.717, 1.165) is 44.9 Å². The molecule has 0 aromatic rings. The molecule has 0 spiro atoms. The Kier molecular flexibility index (Phi) is 83.8. The monoisotopic (exact) mass is 1340 g/mol. The van der Waals surface area contributed by atoms with Crippen LogP contribution in [-0.2, 0) is 14.3 Å². The number of carbonyl (C=O) groups is 2. The number of aliphatic hydroxyl groups is 2. The minimum atomic E-state index is -0.661. The summed E-state index contributed by atoms with van der Waals surface area (Å²) in [4.78, 5) is 24.7. The molecule has 0 aliphatic carbocycles. The lowest BCUT2D eigenvalue weighted by molar-refractivity contribution is -0.143. The Balaban J connectivity index is 3.30. The first-order valence-electron chi connectivity index (χ1n) is 44.4. The molecule has 95 heavy (non-hydrogen) atoms. The molecule has 0 bridgehead atoms. The zero-order valence-corrected chi connectivity index (χ0v) is 65.2. The van der Waals surface area contributed by atoms with Crippen LogP contribution in [0, 0.1) is 0 Å². The summed E-state index contributed by atoms with van der Waals surface area (Å²) >= 11 is 0. The summed E-state index contributed by atoms with van der Waals surface area (Å²) in [5, 5.41) is 23.5. The van der Waals surface area contributed by atoms with Gasteiger partial charge < -0.3 is 20.3 Å². The van der Waals surface area contributed by atoms with Gasteiger partial charge in [-0.2, -0.15) is 0 Å². The van der Waals surface area contributed by atoms with Crippen LogP contribution in [0.3, 0.4) is 0 Å². The molecule has 2 atom stereocenters. The highest BCUT2D eigenvalue weighted by molar-refractivity contribution is 5.76. The predicted molar refractivity (Wildman–Crippen MR) is 421 cm³/mol. The van der Waals surface area contributed by atoms with E-state index in [2.05, 4.69) is 31.3 Å². The van der Waals surface area contributed by atoms with Gasteiger partial charge in [0.1, 0.15) is 0 Å². The summed E-state index contributed by atoms with van der Waals surface area (Å²) < 4.78 is 5.50. The van der Waals surface area contributed by atoms with E-state index < -0.39 is 12.1 Å². The largest absolute Gasteiger partial charge is 0.466 e. The number of rotatable bonds is 85. The normalized spacial score (nSPS) is 12.4. The average molecular weight is 1340 g/mol. The lowest BCUT2D eigenvalue weighted by atomic mass is 10.0. The summed E-state index contributed by atoms with van der Waals surface area (Å²) in [5.74, 6) is -0.00455. The zero-order chi connectivity index (χ0) is 68.4. The molecule has 0 fully saturated rings. The molecule has 0 aliphatic rings. The molecule has 0 aliphatic heterocycles. The van der Waals surface area contributed by atoms with Crippen molar-refractivity contribution >= 4 is 11.9 Å². The van der Waals surface area contributed by atoms with Gasteiger partial charge in [-0.1, -0.05) is 469 Å². The lowest BCUT2D eigenvalue weighted by Crippen LogP contribution is -2.45. The van der Waals surface area contributed by atoms with Gasteiger partial charge in [0.25, 0.3) is 0 Å². The van der Waals surface area contributed by atoms with Gasteiger partial charge in [-0.15, -0.1) is 0 Å². The number of unbranched alkanes of at least 4 members (excludes halogenated alkanes) is 72. The van der Waals surface area contributed by atoms with Crippen molar-refractivity contribution in [3.05, 3.63) is 12.2 Å². The topological polar surface area (TPSA) is 95.9 Å². The Labute approximate surface area is 597 Å². The molecular weight excluding hydrogens is 1160 g/mol. The Hall–Kier alpha value is -1.40. The summed E-state index contributed by atoms with van der Waals surface area (Å²) in [5.41, 5.74) is 0. The number of nitrogens with one attached hydrogen (secondary N) is 1. The minimum absolute atomic E-state index is 0.0175. The number of esters is 1. The van der Waals surface area contributed by atoms with Crippen LogP contribution < -0.4 is 5.32 Å². The van der Waals surface area contributed by atoms with Gasteiger partial charge in [0.05, 0.1) is 25.4 Å². The van der Waals surface area contributed by atoms with Crippen molar-refractivity contribution in [2.24, 2.45) is 0 Å². The molecule has 2 unspecified atom stereocenters. The van der Waals surface area contributed by atoms with Crippen LogP contribution in [0.15, 0.2) is 12.2 Å². The minimum Gasteiger partial charge on any atom is -0.466 e. The second-order valence-electron chi connectivity index (χ2n) is 30.9. The van der Waals surface area contributed by atoms with Crippen molar-refractivity contribution in [3.63, 3.8) is 0 Å². The van der Waals surface area contributed by atoms with Crippen molar-refractivity contribution in [1.82, 2.24) is 5.32 Å². The first-order chi connectivity index (χ1) is 47.0. The fourth-order valence-corrected chi connectivity index (χ4v) is 14.6. The van der Waals surface area contributed by atoms with Gasteiger partial charge >= 0.3 is 5.97 Å². The van der Waals surface area contributed by atoms with Crippen LogP contribution in [0.1, 0.15) is 521 Å². The number of hydrogen-bond acceptors (Lipinski definition) is 5. The quantitative estimate of drug-likeness (QED) is 0.0320. The van der Waals surface area contributed by atoms with E-state index in [1.807, 2.05) is 0 Å². The highest BCUT2D eigenvalue weighted by atomic mass is 16.5. The maximum Gasteiger partial charge on any atom is 0.305 e. The van der Waals surface area contributed by atoms with Gasteiger partial charge in [-0.25, -0.2) is 0 Å². The van der Waals surface area contributed by atoms with Crippen LogP contribution in [0.4, 0.5) is 0 Å². The molecule has 0 aromatic heterocycles. The third-order valence-corrected chi connectivity index (χ3v) is 21.3. The number of ether oxygens (including phenoxy) is 1. The fraction of sp³-hybridized carbons (Fsp3) is 0.955. The Bertz CT molecular complexity index is 1450. The van der Waals surface area contributed by atoms with Crippen LogP contribution in [0.5, 0.6) is 0 Å². The van der Waals surface area contributed by atoms with E-state index in [1.54, 1.807) is 0 Å². The highest BCUT2D eigenvalue weighted by Gasteiger charge is 2.20. The van der Waals surface area contributed by atoms with Crippen LogP contribution in [0.25, 0.3) is 0 Å². The van der Waals surface area contributed by atoms with Crippen molar-refractivity contribution in [3.8, 4) is 0 Å². The average Bonchev–Trinajstić information content (AvgIpc) is 2.95. The highest BCUT2D eigenvalue weighted by Crippen LogP contribution is 2.21. The molecule has 0 saturated carbocycles. The van der Waals surface area contributed by atoms with Crippen molar-refractivity contribution < 1.29 is 24.5 Å². The third kappa shape index (κ3) is 81.5. The molecule has 566 valence electrons. The van der Waals surface area contributed by atoms with E-state index in [9.17, 15) is 19.8 Å². The zero-order valence-electron chi connectivity index (χ0n) is 65.2. The smallest absolute Gasteiger partial charge is 0.305 e. The molecule has 0 heterocycles. The number of amides is 1. The first kappa shape index (κ1) is 93.6. The second kappa shape index (κ2) is 85.0. The van der Waals surface area contributed by atoms with Crippen molar-refractivity contribution in [1.29, 1.82) is 0 Å². The van der Waals surface area contributed by atoms with E-state index in [-0.39, 0.29) is 18.5 Å². The lowest BCUT2D eigenvalue weighted by Gasteiger charge is -2.22. The second-order valence-corrected chi connectivity index (χ2v) is 30.9. The summed E-state index contributed by atoms with van der Waals surface area (Å²) in [7, 11) is 0. The molecule has 6 nitrogen and oxygen atoms in total. The predicted octanol–water partition coefficient (Wildman–Crippen LogP) is 29.8. The molecule has 0 rings (SSSR count). The standard InChI is InChI=1S/C89H175NO5/c1-3-5-7-9-11-13-15-17-19-20-21-22-23-41-44-47-50-54-57-61-65-69-73-77-81-87(92)86(85-91)90-88(93)82-78-74-70-66-62-58-55-51-48-45-42-39-37-35-33-31-29-27-25-24-26-28-30-32-34-36-38-40-43-46-49-52-56-60-64-68-72-76-80-84-95-89(94)83-79-75-71-67-63-59-53-18-16-14-12-10-8-6-4-2/h18,53,86-87,91-92H,3-17,19-52,54-85H2,1-2H3,(H,90,93)/b53-18-. The van der Waals surface area contributed by atoms with E-state index >= 15 is 0 Å². The maximum atomic E-state index is 12.6. The number of hydrogen-bond donors (Lipinski definition) is 3. The molecular formula is C89H175NO5. The number of carbonyl (C=O) groups excluding carboxylic acids is 2. The molecule has 1 amide bonds. The fourth-order valence-electron chi connectivity index (χ4n) is 14.6. The summed E-state index contributed by atoms with van der Waals surface area (Å²) in [6.07, 6.45) is 109. The third-order valence-electron chi connectivity index (χ3n) is 21.3. The molecule has 3 N–H and O–H groups in total. The van der Waals surface area contributed by atoms with Crippen LogP contribution in [-0.4, -0.2) is 47.4 Å². The van der Waals surface area contributed by atoms with E-state index in [0.29, 0.717) is 25.9 Å². The van der Waals surface area contributed by atoms with E-state index in [4.69, 9.17) is 4.74 Å². The molecule has 0 radical (unpaired) electrons. The van der Waals surface area contributed by atoms with Crippen LogP contribution in [0.2, 0.25) is 0 Å². The van der Waals surface area contributed by atoms with Gasteiger partial charge in [0.2, 0.25) is 5.91 Å².